The van der Waals surface area contributed by atoms with Crippen LogP contribution in [0.25, 0.3) is 0 Å². The molecule has 16 heavy (non-hydrogen) atoms. The van der Waals surface area contributed by atoms with Crippen molar-refractivity contribution in [2.45, 2.75) is 31.8 Å². The van der Waals surface area contributed by atoms with Gasteiger partial charge in [0.2, 0.25) is 0 Å². The second-order valence-electron chi connectivity index (χ2n) is 5.30. The van der Waals surface area contributed by atoms with E-state index in [1.165, 1.54) is 0 Å². The number of aliphatic imine (C=N–C) groups is 1. The van der Waals surface area contributed by atoms with Crippen molar-refractivity contribution in [2.75, 3.05) is 34.7 Å². The summed E-state index contributed by atoms with van der Waals surface area (Å²) in [6, 6.07) is 0. The molecule has 4 heteroatoms. The van der Waals surface area contributed by atoms with Gasteiger partial charge in [0.05, 0.1) is 12.1 Å². The van der Waals surface area contributed by atoms with Gasteiger partial charge in [0.25, 0.3) is 0 Å². The van der Waals surface area contributed by atoms with E-state index in [9.17, 15) is 5.11 Å². The largest absolute Gasteiger partial charge is 0.388 e. The summed E-state index contributed by atoms with van der Waals surface area (Å²) in [7, 11) is 7.89. The summed E-state index contributed by atoms with van der Waals surface area (Å²) in [6.07, 6.45) is 3.11. The van der Waals surface area contributed by atoms with Gasteiger partial charge in [-0.1, -0.05) is 13.3 Å². The minimum Gasteiger partial charge on any atom is -0.388 e. The second-order valence-corrected chi connectivity index (χ2v) is 5.30. The predicted molar refractivity (Wildman–Crippen MR) is 67.6 cm³/mol. The third-order valence-electron chi connectivity index (χ3n) is 3.46. The van der Waals surface area contributed by atoms with Crippen LogP contribution >= 0.6 is 0 Å². The van der Waals surface area contributed by atoms with Gasteiger partial charge >= 0.3 is 0 Å². The SMILES string of the molecule is CC1CCCC1(O)CN=C(N(C)C)N(C)C. The van der Waals surface area contributed by atoms with Crippen molar-refractivity contribution in [3.05, 3.63) is 0 Å². The Bertz CT molecular complexity index is 253. The van der Waals surface area contributed by atoms with Crippen molar-refractivity contribution in [1.29, 1.82) is 0 Å². The molecule has 0 bridgehead atoms. The summed E-state index contributed by atoms with van der Waals surface area (Å²) in [5.74, 6) is 1.27. The molecular formula is C12H25N3O. The van der Waals surface area contributed by atoms with Crippen LogP contribution in [-0.4, -0.2) is 61.2 Å². The second kappa shape index (κ2) is 5.04. The average molecular weight is 227 g/mol. The van der Waals surface area contributed by atoms with Crippen molar-refractivity contribution in [1.82, 2.24) is 9.80 Å². The zero-order valence-corrected chi connectivity index (χ0v) is 11.2. The third-order valence-corrected chi connectivity index (χ3v) is 3.46. The lowest BCUT2D eigenvalue weighted by atomic mass is 9.93. The molecule has 2 atom stereocenters. The van der Waals surface area contributed by atoms with Crippen LogP contribution in [0.3, 0.4) is 0 Å². The summed E-state index contributed by atoms with van der Waals surface area (Å²) < 4.78 is 0. The van der Waals surface area contributed by atoms with Crippen LogP contribution in [0.5, 0.6) is 0 Å². The van der Waals surface area contributed by atoms with E-state index in [4.69, 9.17) is 0 Å². The Labute approximate surface area is 99.0 Å². The van der Waals surface area contributed by atoms with Gasteiger partial charge in [-0.15, -0.1) is 0 Å². The molecule has 0 aromatic carbocycles. The Kier molecular flexibility index (Phi) is 4.19. The monoisotopic (exact) mass is 227 g/mol. The Morgan fingerprint density at radius 3 is 2.25 bits per heavy atom. The lowest BCUT2D eigenvalue weighted by Crippen LogP contribution is -2.40. The van der Waals surface area contributed by atoms with Gasteiger partial charge in [-0.3, -0.25) is 0 Å². The number of nitrogens with zero attached hydrogens (tertiary/aromatic N) is 3. The van der Waals surface area contributed by atoms with Crippen LogP contribution in [0.2, 0.25) is 0 Å². The van der Waals surface area contributed by atoms with E-state index < -0.39 is 5.60 Å². The predicted octanol–water partition coefficient (Wildman–Crippen LogP) is 1.02. The van der Waals surface area contributed by atoms with Gasteiger partial charge < -0.3 is 14.9 Å². The molecule has 0 aliphatic heterocycles. The molecule has 0 aromatic heterocycles. The fourth-order valence-electron chi connectivity index (χ4n) is 2.35. The third kappa shape index (κ3) is 2.88. The maximum Gasteiger partial charge on any atom is 0.195 e. The number of aliphatic hydroxyl groups is 1. The van der Waals surface area contributed by atoms with E-state index in [1.807, 2.05) is 38.0 Å². The molecule has 0 aromatic rings. The number of rotatable bonds is 2. The summed E-state index contributed by atoms with van der Waals surface area (Å²) in [6.45, 7) is 2.63. The summed E-state index contributed by atoms with van der Waals surface area (Å²) in [4.78, 5) is 8.50. The highest BCUT2D eigenvalue weighted by Gasteiger charge is 2.38. The average Bonchev–Trinajstić information content (AvgIpc) is 2.46. The number of hydrogen-bond donors (Lipinski definition) is 1. The van der Waals surface area contributed by atoms with E-state index in [1.54, 1.807) is 0 Å². The highest BCUT2D eigenvalue weighted by molar-refractivity contribution is 5.79. The molecule has 2 unspecified atom stereocenters. The fraction of sp³-hybridized carbons (Fsp3) is 0.917. The molecule has 0 radical (unpaired) electrons. The van der Waals surface area contributed by atoms with Crippen LogP contribution in [0, 0.1) is 5.92 Å². The van der Waals surface area contributed by atoms with Crippen LogP contribution in [0.15, 0.2) is 4.99 Å². The zero-order chi connectivity index (χ0) is 12.3. The molecule has 0 saturated heterocycles. The molecule has 1 rings (SSSR count). The van der Waals surface area contributed by atoms with E-state index >= 15 is 0 Å². The number of guanidine groups is 1. The molecule has 1 aliphatic carbocycles. The van der Waals surface area contributed by atoms with Gasteiger partial charge in [0.1, 0.15) is 0 Å². The topological polar surface area (TPSA) is 39.1 Å². The molecule has 0 spiro atoms. The minimum absolute atomic E-state index is 0.363. The summed E-state index contributed by atoms with van der Waals surface area (Å²) in [5.41, 5.74) is -0.586. The Hall–Kier alpha value is -0.770. The van der Waals surface area contributed by atoms with Crippen molar-refractivity contribution < 1.29 is 5.11 Å². The molecule has 0 amide bonds. The molecule has 1 fully saturated rings. The van der Waals surface area contributed by atoms with Gasteiger partial charge in [-0.25, -0.2) is 4.99 Å². The van der Waals surface area contributed by atoms with Crippen LogP contribution in [0.1, 0.15) is 26.2 Å². The van der Waals surface area contributed by atoms with Crippen LogP contribution in [-0.2, 0) is 0 Å². The maximum absolute atomic E-state index is 10.4. The molecular weight excluding hydrogens is 202 g/mol. The van der Waals surface area contributed by atoms with E-state index in [0.717, 1.165) is 25.2 Å². The van der Waals surface area contributed by atoms with Crippen LogP contribution < -0.4 is 0 Å². The van der Waals surface area contributed by atoms with E-state index in [0.29, 0.717) is 12.5 Å². The van der Waals surface area contributed by atoms with Crippen molar-refractivity contribution in [3.63, 3.8) is 0 Å². The highest BCUT2D eigenvalue weighted by atomic mass is 16.3. The first kappa shape index (κ1) is 13.3. The summed E-state index contributed by atoms with van der Waals surface area (Å²) >= 11 is 0. The molecule has 1 aliphatic rings. The molecule has 94 valence electrons. The van der Waals surface area contributed by atoms with Gasteiger partial charge in [0, 0.05) is 28.2 Å². The molecule has 4 nitrogen and oxygen atoms in total. The van der Waals surface area contributed by atoms with Gasteiger partial charge in [-0.05, 0) is 18.8 Å². The minimum atomic E-state index is -0.586. The highest BCUT2D eigenvalue weighted by Crippen LogP contribution is 2.35. The first-order chi connectivity index (χ1) is 7.37. The van der Waals surface area contributed by atoms with E-state index in [2.05, 4.69) is 11.9 Å². The van der Waals surface area contributed by atoms with Crippen molar-refractivity contribution >= 4 is 5.96 Å². The van der Waals surface area contributed by atoms with Crippen molar-refractivity contribution in [2.24, 2.45) is 10.9 Å². The van der Waals surface area contributed by atoms with Gasteiger partial charge in [-0.2, -0.15) is 0 Å². The smallest absolute Gasteiger partial charge is 0.195 e. The van der Waals surface area contributed by atoms with Gasteiger partial charge in [0.15, 0.2) is 5.96 Å². The maximum atomic E-state index is 10.4. The van der Waals surface area contributed by atoms with Crippen molar-refractivity contribution in [3.8, 4) is 0 Å². The first-order valence-corrected chi connectivity index (χ1v) is 5.98. The summed E-state index contributed by atoms with van der Waals surface area (Å²) in [5, 5.41) is 10.4. The zero-order valence-electron chi connectivity index (χ0n) is 11.2. The fourth-order valence-corrected chi connectivity index (χ4v) is 2.35. The van der Waals surface area contributed by atoms with Crippen LogP contribution in [0.4, 0.5) is 0 Å². The Morgan fingerprint density at radius 1 is 1.31 bits per heavy atom. The first-order valence-electron chi connectivity index (χ1n) is 5.98. The number of hydrogen-bond acceptors (Lipinski definition) is 2. The molecule has 0 heterocycles. The Morgan fingerprint density at radius 2 is 1.88 bits per heavy atom. The normalized spacial score (nSPS) is 29.0. The lowest BCUT2D eigenvalue weighted by Gasteiger charge is -2.28. The standard InChI is InChI=1S/C12H25N3O/c1-10-7-6-8-12(10,16)9-13-11(14(2)3)15(4)5/h10,16H,6-9H2,1-5H3. The quantitative estimate of drug-likeness (QED) is 0.565. The van der Waals surface area contributed by atoms with E-state index in [-0.39, 0.29) is 0 Å². The molecule has 1 saturated carbocycles. The Balaban J connectivity index is 2.69. The molecule has 1 N–H and O–H groups in total. The lowest BCUT2D eigenvalue weighted by molar-refractivity contribution is 0.0183.